The van der Waals surface area contributed by atoms with Crippen molar-refractivity contribution in [3.8, 4) is 5.88 Å². The number of piperidine rings is 1. The van der Waals surface area contributed by atoms with Gasteiger partial charge >= 0.3 is 0 Å². The maximum absolute atomic E-state index is 6.10. The van der Waals surface area contributed by atoms with Gasteiger partial charge in [-0.1, -0.05) is 11.6 Å². The van der Waals surface area contributed by atoms with Crippen LogP contribution in [-0.2, 0) is 6.54 Å². The standard InChI is InChI=1S/C13H18ClN3O/c1-16-7-10-4-11(8-16)17(10)6-9-3-12(14)13(18-2)15-5-9/h3,5,10-11H,4,6-8H2,1-2H3. The summed E-state index contributed by atoms with van der Waals surface area (Å²) < 4.78 is 5.07. The molecule has 2 saturated heterocycles. The number of likely N-dealkylation sites (N-methyl/N-ethyl adjacent to an activating group) is 1. The molecule has 2 aliphatic rings. The van der Waals surface area contributed by atoms with Crippen LogP contribution in [0.4, 0.5) is 0 Å². The van der Waals surface area contributed by atoms with Gasteiger partial charge in [-0.2, -0.15) is 0 Å². The van der Waals surface area contributed by atoms with E-state index in [-0.39, 0.29) is 0 Å². The molecule has 1 aromatic heterocycles. The number of hydrogen-bond acceptors (Lipinski definition) is 4. The van der Waals surface area contributed by atoms with Crippen molar-refractivity contribution in [3.63, 3.8) is 0 Å². The molecule has 2 atom stereocenters. The predicted octanol–water partition coefficient (Wildman–Crippen LogP) is 1.63. The first-order valence-corrected chi connectivity index (χ1v) is 6.68. The molecule has 3 rings (SSSR count). The summed E-state index contributed by atoms with van der Waals surface area (Å²) in [6, 6.07) is 3.37. The molecule has 98 valence electrons. The highest BCUT2D eigenvalue weighted by Crippen LogP contribution is 2.33. The van der Waals surface area contributed by atoms with E-state index < -0.39 is 0 Å². The number of hydrogen-bond donors (Lipinski definition) is 0. The summed E-state index contributed by atoms with van der Waals surface area (Å²) >= 11 is 6.10. The van der Waals surface area contributed by atoms with Gasteiger partial charge in [0.25, 0.3) is 0 Å². The van der Waals surface area contributed by atoms with Crippen LogP contribution < -0.4 is 4.74 Å². The first-order chi connectivity index (χ1) is 8.67. The molecule has 2 aliphatic heterocycles. The van der Waals surface area contributed by atoms with Crippen LogP contribution in [0.2, 0.25) is 5.02 Å². The van der Waals surface area contributed by atoms with Gasteiger partial charge in [-0.3, -0.25) is 4.90 Å². The van der Waals surface area contributed by atoms with Gasteiger partial charge in [0.15, 0.2) is 0 Å². The molecule has 0 spiro atoms. The molecule has 0 saturated carbocycles. The van der Waals surface area contributed by atoms with Crippen molar-refractivity contribution in [1.82, 2.24) is 14.8 Å². The summed E-state index contributed by atoms with van der Waals surface area (Å²) in [5, 5.41) is 0.595. The van der Waals surface area contributed by atoms with Gasteiger partial charge in [-0.05, 0) is 25.1 Å². The lowest BCUT2D eigenvalue weighted by Gasteiger charge is -2.55. The first kappa shape index (κ1) is 12.2. The fraction of sp³-hybridized carbons (Fsp3) is 0.615. The lowest BCUT2D eigenvalue weighted by molar-refractivity contribution is -0.0668. The van der Waals surface area contributed by atoms with Crippen LogP contribution in [0.15, 0.2) is 12.3 Å². The Morgan fingerprint density at radius 1 is 1.44 bits per heavy atom. The Labute approximate surface area is 112 Å². The van der Waals surface area contributed by atoms with Crippen LogP contribution in [0.3, 0.4) is 0 Å². The lowest BCUT2D eigenvalue weighted by Crippen LogP contribution is -2.67. The molecule has 0 amide bonds. The quantitative estimate of drug-likeness (QED) is 0.832. The van der Waals surface area contributed by atoms with Gasteiger partial charge in [-0.25, -0.2) is 4.98 Å². The normalized spacial score (nSPS) is 27.9. The molecule has 5 heteroatoms. The Hall–Kier alpha value is -0.840. The first-order valence-electron chi connectivity index (χ1n) is 6.30. The molecule has 3 heterocycles. The molecule has 1 aromatic rings. The molecule has 2 fully saturated rings. The molecule has 0 radical (unpaired) electrons. The molecule has 18 heavy (non-hydrogen) atoms. The van der Waals surface area contributed by atoms with Crippen molar-refractivity contribution in [2.24, 2.45) is 0 Å². The fourth-order valence-electron chi connectivity index (χ4n) is 3.07. The number of halogens is 1. The van der Waals surface area contributed by atoms with Crippen molar-refractivity contribution in [3.05, 3.63) is 22.8 Å². The fourth-order valence-corrected chi connectivity index (χ4v) is 3.33. The van der Waals surface area contributed by atoms with Crippen LogP contribution in [0.25, 0.3) is 0 Å². The minimum Gasteiger partial charge on any atom is -0.480 e. The van der Waals surface area contributed by atoms with Crippen LogP contribution >= 0.6 is 11.6 Å². The van der Waals surface area contributed by atoms with E-state index in [1.165, 1.54) is 25.1 Å². The number of ether oxygens (including phenoxy) is 1. The van der Waals surface area contributed by atoms with Crippen molar-refractivity contribution in [2.45, 2.75) is 25.0 Å². The Morgan fingerprint density at radius 2 is 2.17 bits per heavy atom. The van der Waals surface area contributed by atoms with Crippen molar-refractivity contribution in [2.75, 3.05) is 27.2 Å². The molecule has 0 N–H and O–H groups in total. The van der Waals surface area contributed by atoms with E-state index in [0.29, 0.717) is 23.0 Å². The third-order valence-electron chi connectivity index (χ3n) is 3.95. The van der Waals surface area contributed by atoms with Crippen LogP contribution in [-0.4, -0.2) is 54.1 Å². The Morgan fingerprint density at radius 3 is 2.78 bits per heavy atom. The highest BCUT2D eigenvalue weighted by Gasteiger charge is 2.43. The van der Waals surface area contributed by atoms with Crippen LogP contribution in [0.5, 0.6) is 5.88 Å². The molecule has 2 unspecified atom stereocenters. The second-order valence-electron chi connectivity index (χ2n) is 5.27. The van der Waals surface area contributed by atoms with Gasteiger partial charge in [0.1, 0.15) is 5.02 Å². The van der Waals surface area contributed by atoms with E-state index in [9.17, 15) is 0 Å². The third kappa shape index (κ3) is 2.09. The number of likely N-dealkylation sites (tertiary alicyclic amines) is 2. The van der Waals surface area contributed by atoms with Crippen LogP contribution in [0.1, 0.15) is 12.0 Å². The Bertz CT molecular complexity index is 442. The zero-order valence-corrected chi connectivity index (χ0v) is 11.5. The highest BCUT2D eigenvalue weighted by molar-refractivity contribution is 6.31. The largest absolute Gasteiger partial charge is 0.480 e. The van der Waals surface area contributed by atoms with Gasteiger partial charge in [0.2, 0.25) is 5.88 Å². The second kappa shape index (κ2) is 4.68. The van der Waals surface area contributed by atoms with Crippen molar-refractivity contribution >= 4 is 11.6 Å². The van der Waals surface area contributed by atoms with E-state index in [4.69, 9.17) is 16.3 Å². The Balaban J connectivity index is 1.69. The zero-order valence-electron chi connectivity index (χ0n) is 10.8. The summed E-state index contributed by atoms with van der Waals surface area (Å²) in [6.45, 7) is 3.29. The van der Waals surface area contributed by atoms with Gasteiger partial charge in [0, 0.05) is 37.9 Å². The van der Waals surface area contributed by atoms with E-state index in [0.717, 1.165) is 6.54 Å². The second-order valence-corrected chi connectivity index (χ2v) is 5.68. The lowest BCUT2D eigenvalue weighted by atomic mass is 9.87. The molecule has 0 aromatic carbocycles. The number of aromatic nitrogens is 1. The smallest absolute Gasteiger partial charge is 0.232 e. The molecule has 0 aliphatic carbocycles. The van der Waals surface area contributed by atoms with Crippen molar-refractivity contribution in [1.29, 1.82) is 0 Å². The van der Waals surface area contributed by atoms with Gasteiger partial charge in [-0.15, -0.1) is 0 Å². The molecular formula is C13H18ClN3O. The number of pyridine rings is 1. The topological polar surface area (TPSA) is 28.6 Å². The van der Waals surface area contributed by atoms with Crippen molar-refractivity contribution < 1.29 is 4.74 Å². The monoisotopic (exact) mass is 267 g/mol. The average Bonchev–Trinajstić information content (AvgIpc) is 2.36. The SMILES string of the molecule is COc1ncc(CN2C3CC2CN(C)C3)cc1Cl. The maximum Gasteiger partial charge on any atom is 0.232 e. The van der Waals surface area contributed by atoms with Crippen LogP contribution in [0, 0.1) is 0 Å². The summed E-state index contributed by atoms with van der Waals surface area (Å²) in [6.07, 6.45) is 3.20. The highest BCUT2D eigenvalue weighted by atomic mass is 35.5. The molecular weight excluding hydrogens is 250 g/mol. The number of nitrogens with zero attached hydrogens (tertiary/aromatic N) is 3. The Kier molecular flexibility index (Phi) is 3.18. The molecule has 2 bridgehead atoms. The summed E-state index contributed by atoms with van der Waals surface area (Å²) in [5.41, 5.74) is 1.17. The summed E-state index contributed by atoms with van der Waals surface area (Å²) in [5.74, 6) is 0.504. The van der Waals surface area contributed by atoms with E-state index >= 15 is 0 Å². The van der Waals surface area contributed by atoms with Gasteiger partial charge in [0.05, 0.1) is 7.11 Å². The minimum absolute atomic E-state index is 0.504. The number of fused-ring (bicyclic) bond motifs is 2. The maximum atomic E-state index is 6.10. The number of methoxy groups -OCH3 is 1. The van der Waals surface area contributed by atoms with E-state index in [1.54, 1.807) is 7.11 Å². The minimum atomic E-state index is 0.504. The van der Waals surface area contributed by atoms with E-state index in [2.05, 4.69) is 21.8 Å². The average molecular weight is 268 g/mol. The predicted molar refractivity (Wildman–Crippen MR) is 71.0 cm³/mol. The summed E-state index contributed by atoms with van der Waals surface area (Å²) in [4.78, 5) is 9.19. The summed E-state index contributed by atoms with van der Waals surface area (Å²) in [7, 11) is 3.78. The number of piperazine rings is 1. The zero-order chi connectivity index (χ0) is 12.7. The van der Waals surface area contributed by atoms with Gasteiger partial charge < -0.3 is 9.64 Å². The number of rotatable bonds is 3. The molecule has 4 nitrogen and oxygen atoms in total. The third-order valence-corrected chi connectivity index (χ3v) is 4.22. The van der Waals surface area contributed by atoms with E-state index in [1.807, 2.05) is 12.3 Å².